The molecule has 0 N–H and O–H groups in total. The van der Waals surface area contributed by atoms with E-state index in [-0.39, 0.29) is 0 Å². The second-order valence-electron chi connectivity index (χ2n) is 6.84. The quantitative estimate of drug-likeness (QED) is 0.252. The Labute approximate surface area is 149 Å². The van der Waals surface area contributed by atoms with Crippen molar-refractivity contribution in [3.63, 3.8) is 0 Å². The summed E-state index contributed by atoms with van der Waals surface area (Å²) in [5.74, 6) is 0. The summed E-state index contributed by atoms with van der Waals surface area (Å²) >= 11 is 3.79. The van der Waals surface area contributed by atoms with Crippen molar-refractivity contribution in [3.8, 4) is 0 Å². The van der Waals surface area contributed by atoms with Crippen LogP contribution in [0.15, 0.2) is 36.4 Å². The van der Waals surface area contributed by atoms with Crippen molar-refractivity contribution in [2.24, 2.45) is 0 Å². The Morgan fingerprint density at radius 3 is 1.29 bits per heavy atom. The predicted molar refractivity (Wildman–Crippen MR) is 111 cm³/mol. The molecular formula is C22H18S2. The van der Waals surface area contributed by atoms with E-state index in [9.17, 15) is 0 Å². The van der Waals surface area contributed by atoms with E-state index in [2.05, 4.69) is 64.1 Å². The normalized spacial score (nSPS) is 12.2. The Kier molecular flexibility index (Phi) is 2.89. The smallest absolute Gasteiger partial charge is 0.0352 e. The van der Waals surface area contributed by atoms with Gasteiger partial charge in [-0.05, 0) is 108 Å². The van der Waals surface area contributed by atoms with Gasteiger partial charge in [-0.3, -0.25) is 0 Å². The number of benzene rings is 3. The standard InChI is InChI=1S/C22H18S2/c1-11-5-15-7-17-13(3)20-10-22-16(6-12(2)24-22)8-18(20)14(4)19(17)9-21(15)23-11/h5-10H,1-4H3. The van der Waals surface area contributed by atoms with Crippen LogP contribution in [0, 0.1) is 27.7 Å². The monoisotopic (exact) mass is 346 g/mol. The molecule has 0 spiro atoms. The summed E-state index contributed by atoms with van der Waals surface area (Å²) in [7, 11) is 0. The third kappa shape index (κ3) is 1.90. The molecule has 0 saturated carbocycles. The van der Waals surface area contributed by atoms with E-state index >= 15 is 0 Å². The average molecular weight is 347 g/mol. The van der Waals surface area contributed by atoms with Gasteiger partial charge in [-0.1, -0.05) is 0 Å². The molecule has 5 rings (SSSR count). The molecule has 0 fully saturated rings. The van der Waals surface area contributed by atoms with Gasteiger partial charge in [-0.25, -0.2) is 0 Å². The summed E-state index contributed by atoms with van der Waals surface area (Å²) in [5.41, 5.74) is 2.81. The van der Waals surface area contributed by atoms with Gasteiger partial charge in [-0.15, -0.1) is 22.7 Å². The van der Waals surface area contributed by atoms with Crippen LogP contribution in [-0.2, 0) is 0 Å². The van der Waals surface area contributed by atoms with Gasteiger partial charge < -0.3 is 0 Å². The zero-order valence-electron chi connectivity index (χ0n) is 14.3. The van der Waals surface area contributed by atoms with Crippen molar-refractivity contribution in [1.29, 1.82) is 0 Å². The second kappa shape index (κ2) is 4.81. The van der Waals surface area contributed by atoms with Crippen LogP contribution in [0.5, 0.6) is 0 Å². The molecule has 0 unspecified atom stereocenters. The molecule has 5 aromatic rings. The lowest BCUT2D eigenvalue weighted by Gasteiger charge is -2.13. The molecule has 0 aliphatic carbocycles. The average Bonchev–Trinajstić information content (AvgIpc) is 3.09. The van der Waals surface area contributed by atoms with E-state index in [0.29, 0.717) is 0 Å². The molecule has 2 aromatic heterocycles. The van der Waals surface area contributed by atoms with Crippen LogP contribution in [0.3, 0.4) is 0 Å². The lowest BCUT2D eigenvalue weighted by molar-refractivity contribution is 1.54. The first-order valence-electron chi connectivity index (χ1n) is 8.28. The van der Waals surface area contributed by atoms with E-state index < -0.39 is 0 Å². The molecule has 0 bridgehead atoms. The minimum absolute atomic E-state index is 1.37. The van der Waals surface area contributed by atoms with E-state index in [4.69, 9.17) is 0 Å². The molecular weight excluding hydrogens is 328 g/mol. The summed E-state index contributed by atoms with van der Waals surface area (Å²) < 4.78 is 2.80. The molecule has 3 aromatic carbocycles. The number of hydrogen-bond donors (Lipinski definition) is 0. The van der Waals surface area contributed by atoms with E-state index in [1.807, 2.05) is 22.7 Å². The fourth-order valence-corrected chi connectivity index (χ4v) is 5.86. The summed E-state index contributed by atoms with van der Waals surface area (Å²) in [5, 5.41) is 8.36. The van der Waals surface area contributed by atoms with Gasteiger partial charge in [0.05, 0.1) is 0 Å². The first kappa shape index (κ1) is 14.4. The van der Waals surface area contributed by atoms with Crippen LogP contribution in [0.25, 0.3) is 41.7 Å². The largest absolute Gasteiger partial charge is 0.141 e. The summed E-state index contributed by atoms with van der Waals surface area (Å²) in [6, 6.07) is 14.2. The minimum atomic E-state index is 1.37. The SMILES string of the molecule is Cc1cc2cc3c(C)c4cc5sc(C)cc5cc4c(C)c3cc2s1. The molecule has 2 heteroatoms. The number of hydrogen-bond acceptors (Lipinski definition) is 2. The third-order valence-electron chi connectivity index (χ3n) is 5.18. The summed E-state index contributed by atoms with van der Waals surface area (Å²) in [4.78, 5) is 2.77. The number of fused-ring (bicyclic) bond motifs is 4. The third-order valence-corrected chi connectivity index (χ3v) is 7.20. The van der Waals surface area contributed by atoms with Crippen LogP contribution >= 0.6 is 22.7 Å². The van der Waals surface area contributed by atoms with E-state index in [0.717, 1.165) is 0 Å². The fraction of sp³-hybridized carbons (Fsp3) is 0.182. The summed E-state index contributed by atoms with van der Waals surface area (Å²) in [6.07, 6.45) is 0. The summed E-state index contributed by atoms with van der Waals surface area (Å²) in [6.45, 7) is 8.95. The van der Waals surface area contributed by atoms with E-state index in [1.54, 1.807) is 0 Å². The van der Waals surface area contributed by atoms with Gasteiger partial charge in [0, 0.05) is 19.2 Å². The Morgan fingerprint density at radius 1 is 0.500 bits per heavy atom. The van der Waals surface area contributed by atoms with Crippen molar-refractivity contribution in [2.75, 3.05) is 0 Å². The van der Waals surface area contributed by atoms with Crippen LogP contribution in [0.1, 0.15) is 20.9 Å². The number of thiophene rings is 2. The zero-order valence-corrected chi connectivity index (χ0v) is 15.9. The molecule has 0 saturated heterocycles. The van der Waals surface area contributed by atoms with E-state index in [1.165, 1.54) is 62.6 Å². The molecule has 118 valence electrons. The molecule has 0 aliphatic heterocycles. The number of rotatable bonds is 0. The number of aryl methyl sites for hydroxylation is 4. The topological polar surface area (TPSA) is 0 Å². The highest BCUT2D eigenvalue weighted by Crippen LogP contribution is 2.39. The van der Waals surface area contributed by atoms with Crippen molar-refractivity contribution in [2.45, 2.75) is 27.7 Å². The highest BCUT2D eigenvalue weighted by molar-refractivity contribution is 7.19. The first-order valence-corrected chi connectivity index (χ1v) is 9.91. The molecule has 0 atom stereocenters. The second-order valence-corrected chi connectivity index (χ2v) is 9.41. The van der Waals surface area contributed by atoms with Crippen molar-refractivity contribution < 1.29 is 0 Å². The maximum Gasteiger partial charge on any atom is 0.0352 e. The Morgan fingerprint density at radius 2 is 0.875 bits per heavy atom. The van der Waals surface area contributed by atoms with Gasteiger partial charge in [0.1, 0.15) is 0 Å². The molecule has 24 heavy (non-hydrogen) atoms. The molecule has 2 heterocycles. The fourth-order valence-electron chi connectivity index (χ4n) is 3.97. The highest BCUT2D eigenvalue weighted by Gasteiger charge is 2.12. The van der Waals surface area contributed by atoms with Crippen LogP contribution in [-0.4, -0.2) is 0 Å². The van der Waals surface area contributed by atoms with Gasteiger partial charge >= 0.3 is 0 Å². The van der Waals surface area contributed by atoms with Crippen molar-refractivity contribution >= 4 is 64.4 Å². The van der Waals surface area contributed by atoms with Gasteiger partial charge in [0.25, 0.3) is 0 Å². The van der Waals surface area contributed by atoms with Crippen LogP contribution < -0.4 is 0 Å². The van der Waals surface area contributed by atoms with Gasteiger partial charge in [-0.2, -0.15) is 0 Å². The Bertz CT molecular complexity index is 1090. The zero-order chi connectivity index (χ0) is 16.6. The molecule has 0 radical (unpaired) electrons. The Hall–Kier alpha value is -1.90. The maximum absolute atomic E-state index is 2.40. The minimum Gasteiger partial charge on any atom is -0.141 e. The van der Waals surface area contributed by atoms with Crippen molar-refractivity contribution in [1.82, 2.24) is 0 Å². The van der Waals surface area contributed by atoms with Crippen LogP contribution in [0.2, 0.25) is 0 Å². The predicted octanol–water partition coefficient (Wildman–Crippen LogP) is 7.66. The molecule has 0 nitrogen and oxygen atoms in total. The molecule has 0 aliphatic rings. The van der Waals surface area contributed by atoms with Crippen molar-refractivity contribution in [3.05, 3.63) is 57.3 Å². The van der Waals surface area contributed by atoms with Gasteiger partial charge in [0.2, 0.25) is 0 Å². The lowest BCUT2D eigenvalue weighted by atomic mass is 9.92. The Balaban J connectivity index is 2.03. The lowest BCUT2D eigenvalue weighted by Crippen LogP contribution is -1.88. The highest BCUT2D eigenvalue weighted by atomic mass is 32.1. The van der Waals surface area contributed by atoms with Crippen LogP contribution in [0.4, 0.5) is 0 Å². The first-order chi connectivity index (χ1) is 11.5. The van der Waals surface area contributed by atoms with Gasteiger partial charge in [0.15, 0.2) is 0 Å². The molecule has 0 amide bonds. The maximum atomic E-state index is 2.40.